The van der Waals surface area contributed by atoms with Gasteiger partial charge < -0.3 is 4.74 Å². The highest BCUT2D eigenvalue weighted by atomic mass is 35.5. The van der Waals surface area contributed by atoms with Crippen LogP contribution < -0.4 is 0 Å². The Morgan fingerprint density at radius 3 is 2.93 bits per heavy atom. The molecule has 1 aromatic carbocycles. The number of hydrogen-bond donors (Lipinski definition) is 0. The standard InChI is InChI=1S/C10H6ClFO2/c1-14-10(13)5-2-7-6-8(12)3-4-9(7)11/h3-4,6H,1H3. The summed E-state index contributed by atoms with van der Waals surface area (Å²) in [6.07, 6.45) is 0. The fourth-order valence-electron chi connectivity index (χ4n) is 0.763. The summed E-state index contributed by atoms with van der Waals surface area (Å²) in [6.45, 7) is 0. The molecule has 0 aliphatic heterocycles. The van der Waals surface area contributed by atoms with E-state index in [1.54, 1.807) is 0 Å². The lowest BCUT2D eigenvalue weighted by Crippen LogP contribution is -1.94. The Labute approximate surface area is 85.6 Å². The van der Waals surface area contributed by atoms with Crippen LogP contribution in [0.3, 0.4) is 0 Å². The van der Waals surface area contributed by atoms with Crippen molar-refractivity contribution >= 4 is 17.6 Å². The van der Waals surface area contributed by atoms with Crippen molar-refractivity contribution < 1.29 is 13.9 Å². The molecule has 2 nitrogen and oxygen atoms in total. The zero-order chi connectivity index (χ0) is 10.6. The molecule has 0 N–H and O–H groups in total. The summed E-state index contributed by atoms with van der Waals surface area (Å²) in [5.74, 6) is 3.42. The Hall–Kier alpha value is -1.53. The van der Waals surface area contributed by atoms with Gasteiger partial charge in [0.25, 0.3) is 0 Å². The molecule has 0 unspecified atom stereocenters. The zero-order valence-electron chi connectivity index (χ0n) is 7.30. The van der Waals surface area contributed by atoms with E-state index in [9.17, 15) is 9.18 Å². The maximum Gasteiger partial charge on any atom is 0.384 e. The van der Waals surface area contributed by atoms with E-state index in [4.69, 9.17) is 11.6 Å². The van der Waals surface area contributed by atoms with E-state index in [2.05, 4.69) is 16.6 Å². The van der Waals surface area contributed by atoms with E-state index in [1.165, 1.54) is 19.2 Å². The minimum atomic E-state index is -0.690. The normalized spacial score (nSPS) is 8.79. The fraction of sp³-hybridized carbons (Fsp3) is 0.100. The van der Waals surface area contributed by atoms with Gasteiger partial charge >= 0.3 is 5.97 Å². The summed E-state index contributed by atoms with van der Waals surface area (Å²) < 4.78 is 17.0. The number of methoxy groups -OCH3 is 1. The summed E-state index contributed by atoms with van der Waals surface area (Å²) in [6, 6.07) is 3.74. The second-order valence-electron chi connectivity index (χ2n) is 2.37. The van der Waals surface area contributed by atoms with Gasteiger partial charge in [0.1, 0.15) is 5.82 Å². The molecule has 0 aromatic heterocycles. The molecule has 1 rings (SSSR count). The smallest absolute Gasteiger partial charge is 0.384 e. The van der Waals surface area contributed by atoms with Crippen LogP contribution in [0.15, 0.2) is 18.2 Å². The Morgan fingerprint density at radius 1 is 1.57 bits per heavy atom. The molecule has 0 heterocycles. The van der Waals surface area contributed by atoms with E-state index in [0.29, 0.717) is 5.02 Å². The molecule has 14 heavy (non-hydrogen) atoms. The molecule has 1 aromatic rings. The molecule has 0 spiro atoms. The van der Waals surface area contributed by atoms with Gasteiger partial charge in [0.15, 0.2) is 0 Å². The molecule has 0 amide bonds. The zero-order valence-corrected chi connectivity index (χ0v) is 8.06. The maximum atomic E-state index is 12.7. The molecular formula is C10H6ClFO2. The second kappa shape index (κ2) is 4.64. The topological polar surface area (TPSA) is 26.3 Å². The second-order valence-corrected chi connectivity index (χ2v) is 2.77. The minimum absolute atomic E-state index is 0.261. The first kappa shape index (κ1) is 10.6. The van der Waals surface area contributed by atoms with Gasteiger partial charge in [0.05, 0.1) is 12.1 Å². The first-order valence-corrected chi connectivity index (χ1v) is 4.06. The van der Waals surface area contributed by atoms with Crippen LogP contribution in [0.1, 0.15) is 5.56 Å². The summed E-state index contributed by atoms with van der Waals surface area (Å²) in [5.41, 5.74) is 0.261. The van der Waals surface area contributed by atoms with Crippen LogP contribution in [0.25, 0.3) is 0 Å². The Kier molecular flexibility index (Phi) is 3.49. The van der Waals surface area contributed by atoms with Crippen molar-refractivity contribution in [2.45, 2.75) is 0 Å². The molecule has 0 saturated heterocycles. The van der Waals surface area contributed by atoms with Crippen LogP contribution in [-0.4, -0.2) is 13.1 Å². The molecule has 0 atom stereocenters. The van der Waals surface area contributed by atoms with Gasteiger partial charge in [-0.15, -0.1) is 0 Å². The quantitative estimate of drug-likeness (QED) is 0.486. The third-order valence-corrected chi connectivity index (χ3v) is 1.74. The van der Waals surface area contributed by atoms with Crippen molar-refractivity contribution in [3.05, 3.63) is 34.6 Å². The van der Waals surface area contributed by atoms with Gasteiger partial charge in [-0.3, -0.25) is 0 Å². The van der Waals surface area contributed by atoms with Crippen LogP contribution in [0.2, 0.25) is 5.02 Å². The van der Waals surface area contributed by atoms with Gasteiger partial charge in [0.2, 0.25) is 0 Å². The van der Waals surface area contributed by atoms with Crippen LogP contribution >= 0.6 is 11.6 Å². The third kappa shape index (κ3) is 2.75. The number of ether oxygens (including phenoxy) is 1. The number of benzene rings is 1. The Bertz CT molecular complexity index is 418. The molecule has 4 heteroatoms. The van der Waals surface area contributed by atoms with E-state index >= 15 is 0 Å². The van der Waals surface area contributed by atoms with Gasteiger partial charge in [-0.05, 0) is 18.2 Å². The van der Waals surface area contributed by atoms with E-state index in [-0.39, 0.29) is 5.56 Å². The molecule has 72 valence electrons. The summed E-state index contributed by atoms with van der Waals surface area (Å²) in [4.78, 5) is 10.6. The monoisotopic (exact) mass is 212 g/mol. The predicted octanol–water partition coefficient (Wildman–Crippen LogP) is 2.00. The van der Waals surface area contributed by atoms with Crippen molar-refractivity contribution in [2.75, 3.05) is 7.11 Å². The van der Waals surface area contributed by atoms with Gasteiger partial charge in [-0.25, -0.2) is 9.18 Å². The van der Waals surface area contributed by atoms with Gasteiger partial charge in [-0.2, -0.15) is 0 Å². The van der Waals surface area contributed by atoms with Crippen molar-refractivity contribution in [1.82, 2.24) is 0 Å². The molecule has 0 bridgehead atoms. The molecule has 0 aliphatic rings. The van der Waals surface area contributed by atoms with Crippen LogP contribution in [0, 0.1) is 17.7 Å². The summed E-state index contributed by atoms with van der Waals surface area (Å²) in [5, 5.41) is 0.294. The lowest BCUT2D eigenvalue weighted by atomic mass is 10.2. The van der Waals surface area contributed by atoms with E-state index in [0.717, 1.165) is 6.07 Å². The van der Waals surface area contributed by atoms with E-state index < -0.39 is 11.8 Å². The molecular weight excluding hydrogens is 207 g/mol. The van der Waals surface area contributed by atoms with Crippen LogP contribution in [-0.2, 0) is 9.53 Å². The van der Waals surface area contributed by atoms with Gasteiger partial charge in [0, 0.05) is 11.5 Å². The number of hydrogen-bond acceptors (Lipinski definition) is 2. The number of esters is 1. The van der Waals surface area contributed by atoms with Crippen LogP contribution in [0.4, 0.5) is 4.39 Å². The first-order chi connectivity index (χ1) is 6.63. The maximum absolute atomic E-state index is 12.7. The predicted molar refractivity (Wildman–Crippen MR) is 50.3 cm³/mol. The van der Waals surface area contributed by atoms with Crippen molar-refractivity contribution in [3.8, 4) is 11.8 Å². The molecule has 0 radical (unpaired) electrons. The SMILES string of the molecule is COC(=O)C#Cc1cc(F)ccc1Cl. The van der Waals surface area contributed by atoms with Crippen molar-refractivity contribution in [3.63, 3.8) is 0 Å². The Balaban J connectivity index is 3.00. The highest BCUT2D eigenvalue weighted by Gasteiger charge is 1.99. The third-order valence-electron chi connectivity index (χ3n) is 1.41. The molecule has 0 aliphatic carbocycles. The van der Waals surface area contributed by atoms with Crippen LogP contribution in [0.5, 0.6) is 0 Å². The summed E-state index contributed by atoms with van der Waals surface area (Å²) in [7, 11) is 1.21. The number of rotatable bonds is 0. The largest absolute Gasteiger partial charge is 0.459 e. The number of carbonyl (C=O) groups is 1. The highest BCUT2D eigenvalue weighted by Crippen LogP contribution is 2.15. The summed E-state index contributed by atoms with van der Waals surface area (Å²) >= 11 is 5.70. The average molecular weight is 213 g/mol. The van der Waals surface area contributed by atoms with E-state index in [1.807, 2.05) is 0 Å². The number of carbonyl (C=O) groups excluding carboxylic acids is 1. The Morgan fingerprint density at radius 2 is 2.29 bits per heavy atom. The lowest BCUT2D eigenvalue weighted by molar-refractivity contribution is -0.133. The van der Waals surface area contributed by atoms with Crippen molar-refractivity contribution in [2.24, 2.45) is 0 Å². The highest BCUT2D eigenvalue weighted by molar-refractivity contribution is 6.31. The molecule has 0 saturated carbocycles. The molecule has 0 fully saturated rings. The minimum Gasteiger partial charge on any atom is -0.459 e. The number of halogens is 2. The fourth-order valence-corrected chi connectivity index (χ4v) is 0.927. The lowest BCUT2D eigenvalue weighted by Gasteiger charge is -1.94. The van der Waals surface area contributed by atoms with Crippen molar-refractivity contribution in [1.29, 1.82) is 0 Å². The average Bonchev–Trinajstić information content (AvgIpc) is 2.19. The van der Waals surface area contributed by atoms with Gasteiger partial charge in [-0.1, -0.05) is 17.5 Å². The first-order valence-electron chi connectivity index (χ1n) is 3.68.